The number of nitrogens with zero attached hydrogens (tertiary/aromatic N) is 3. The Labute approximate surface area is 180 Å². The van der Waals surface area contributed by atoms with Crippen molar-refractivity contribution in [1.29, 1.82) is 0 Å². The molecule has 3 aromatic rings. The molecule has 0 spiro atoms. The fourth-order valence-corrected chi connectivity index (χ4v) is 3.63. The molecule has 31 heavy (non-hydrogen) atoms. The lowest BCUT2D eigenvalue weighted by atomic mass is 10.0. The van der Waals surface area contributed by atoms with Crippen molar-refractivity contribution in [3.63, 3.8) is 0 Å². The number of Topliss-reactive ketones (excluding diaryl/α,β-unsaturated/α-hetero) is 1. The van der Waals surface area contributed by atoms with Crippen LogP contribution in [0.5, 0.6) is 0 Å². The van der Waals surface area contributed by atoms with E-state index in [2.05, 4.69) is 4.98 Å². The molecule has 1 amide bonds. The van der Waals surface area contributed by atoms with Crippen LogP contribution in [0, 0.1) is 13.8 Å². The topological polar surface area (TPSA) is 94.6 Å². The second-order valence-electron chi connectivity index (χ2n) is 7.18. The molecule has 3 heterocycles. The van der Waals surface area contributed by atoms with Crippen molar-refractivity contribution in [2.75, 3.05) is 20.2 Å². The first-order valence-electron chi connectivity index (χ1n) is 9.85. The lowest BCUT2D eigenvalue weighted by Gasteiger charge is -2.21. The van der Waals surface area contributed by atoms with E-state index in [1.165, 1.54) is 18.3 Å². The zero-order valence-corrected chi connectivity index (χ0v) is 18.0. The molecule has 0 aliphatic rings. The molecule has 0 saturated carbocycles. The van der Waals surface area contributed by atoms with Gasteiger partial charge in [-0.05, 0) is 43.7 Å². The van der Waals surface area contributed by atoms with Gasteiger partial charge in [-0.3, -0.25) is 14.6 Å². The molecule has 8 nitrogen and oxygen atoms in total. The van der Waals surface area contributed by atoms with E-state index in [4.69, 9.17) is 9.15 Å². The summed E-state index contributed by atoms with van der Waals surface area (Å²) in [6.07, 6.45) is 3.59. The predicted octanol–water partition coefficient (Wildman–Crippen LogP) is 2.98. The summed E-state index contributed by atoms with van der Waals surface area (Å²) in [5, 5.41) is 0. The van der Waals surface area contributed by atoms with Crippen molar-refractivity contribution in [1.82, 2.24) is 14.5 Å². The van der Waals surface area contributed by atoms with Crippen molar-refractivity contribution in [3.8, 4) is 0 Å². The van der Waals surface area contributed by atoms with E-state index in [-0.39, 0.29) is 30.5 Å². The Morgan fingerprint density at radius 3 is 2.55 bits per heavy atom. The van der Waals surface area contributed by atoms with Gasteiger partial charge in [-0.1, -0.05) is 6.07 Å². The van der Waals surface area contributed by atoms with E-state index in [0.717, 1.165) is 5.69 Å². The van der Waals surface area contributed by atoms with Gasteiger partial charge in [0.05, 0.1) is 19.9 Å². The molecule has 0 aliphatic carbocycles. The van der Waals surface area contributed by atoms with Crippen LogP contribution in [0.3, 0.4) is 0 Å². The van der Waals surface area contributed by atoms with Crippen LogP contribution >= 0.6 is 0 Å². The van der Waals surface area contributed by atoms with Crippen molar-refractivity contribution in [2.45, 2.75) is 20.3 Å². The Morgan fingerprint density at radius 2 is 1.94 bits per heavy atom. The number of methoxy groups -OCH3 is 1. The Kier molecular flexibility index (Phi) is 6.69. The molecule has 0 aliphatic heterocycles. The number of amides is 1. The maximum absolute atomic E-state index is 13.3. The Bertz CT molecular complexity index is 1080. The fraction of sp³-hybridized carbons (Fsp3) is 0.304. The molecule has 0 bridgehead atoms. The summed E-state index contributed by atoms with van der Waals surface area (Å²) >= 11 is 0. The average molecular weight is 423 g/mol. The summed E-state index contributed by atoms with van der Waals surface area (Å²) in [7, 11) is 3.01. The zero-order valence-electron chi connectivity index (χ0n) is 18.0. The fourth-order valence-electron chi connectivity index (χ4n) is 3.63. The zero-order chi connectivity index (χ0) is 22.5. The second-order valence-corrected chi connectivity index (χ2v) is 7.18. The summed E-state index contributed by atoms with van der Waals surface area (Å²) < 4.78 is 11.7. The van der Waals surface area contributed by atoms with Crippen LogP contribution in [0.4, 0.5) is 0 Å². The smallest absolute Gasteiger partial charge is 0.354 e. The lowest BCUT2D eigenvalue weighted by molar-refractivity contribution is 0.0588. The van der Waals surface area contributed by atoms with Gasteiger partial charge in [-0.2, -0.15) is 0 Å². The first kappa shape index (κ1) is 22.0. The second kappa shape index (κ2) is 9.42. The molecule has 8 heteroatoms. The van der Waals surface area contributed by atoms with Crippen molar-refractivity contribution in [3.05, 3.63) is 76.8 Å². The van der Waals surface area contributed by atoms with Crippen LogP contribution in [-0.2, 0) is 18.2 Å². The lowest BCUT2D eigenvalue weighted by Crippen LogP contribution is -2.37. The molecule has 0 saturated heterocycles. The van der Waals surface area contributed by atoms with Gasteiger partial charge >= 0.3 is 5.97 Å². The SMILES string of the molecule is COC(=O)c1c(C)c(C(=O)CN(CCc2ccccn2)C(=O)c2ccco2)c(C)n1C. The minimum Gasteiger partial charge on any atom is -0.464 e. The number of hydrogen-bond donors (Lipinski definition) is 0. The van der Waals surface area contributed by atoms with E-state index in [1.807, 2.05) is 18.2 Å². The number of aromatic nitrogens is 2. The summed E-state index contributed by atoms with van der Waals surface area (Å²) in [4.78, 5) is 44.1. The maximum atomic E-state index is 13.3. The maximum Gasteiger partial charge on any atom is 0.354 e. The monoisotopic (exact) mass is 423 g/mol. The van der Waals surface area contributed by atoms with Gasteiger partial charge < -0.3 is 18.6 Å². The number of rotatable bonds is 8. The van der Waals surface area contributed by atoms with Crippen LogP contribution in [-0.4, -0.2) is 52.3 Å². The molecule has 162 valence electrons. The molecule has 0 radical (unpaired) electrons. The largest absolute Gasteiger partial charge is 0.464 e. The minimum absolute atomic E-state index is 0.154. The molecule has 0 N–H and O–H groups in total. The average Bonchev–Trinajstić information content (AvgIpc) is 3.38. The standard InChI is InChI=1S/C23H25N3O5/c1-15-20(16(2)25(3)21(15)23(29)30-4)18(27)14-26(22(28)19-9-7-13-31-19)12-10-17-8-5-6-11-24-17/h5-9,11,13H,10,12,14H2,1-4H3. The molecule has 0 aromatic carbocycles. The third kappa shape index (κ3) is 4.58. The normalized spacial score (nSPS) is 10.7. The molecule has 0 atom stereocenters. The highest BCUT2D eigenvalue weighted by molar-refractivity contribution is 6.05. The van der Waals surface area contributed by atoms with Gasteiger partial charge in [0.25, 0.3) is 5.91 Å². The molecule has 0 fully saturated rings. The molecule has 3 aromatic heterocycles. The Balaban J connectivity index is 1.88. The number of ketones is 1. The number of ether oxygens (including phenoxy) is 1. The molecule has 3 rings (SSSR count). The summed E-state index contributed by atoms with van der Waals surface area (Å²) in [6, 6.07) is 8.75. The molecular weight excluding hydrogens is 398 g/mol. The highest BCUT2D eigenvalue weighted by Crippen LogP contribution is 2.23. The highest BCUT2D eigenvalue weighted by Gasteiger charge is 2.28. The van der Waals surface area contributed by atoms with Crippen molar-refractivity contribution >= 4 is 17.7 Å². The van der Waals surface area contributed by atoms with E-state index in [9.17, 15) is 14.4 Å². The van der Waals surface area contributed by atoms with Crippen LogP contribution in [0.2, 0.25) is 0 Å². The first-order valence-corrected chi connectivity index (χ1v) is 9.85. The van der Waals surface area contributed by atoms with Gasteiger partial charge in [-0.15, -0.1) is 0 Å². The Morgan fingerprint density at radius 1 is 1.16 bits per heavy atom. The van der Waals surface area contributed by atoms with Crippen LogP contribution < -0.4 is 0 Å². The van der Waals surface area contributed by atoms with Crippen LogP contribution in [0.15, 0.2) is 47.2 Å². The number of furan rings is 1. The molecule has 0 unspecified atom stereocenters. The van der Waals surface area contributed by atoms with E-state index >= 15 is 0 Å². The third-order valence-electron chi connectivity index (χ3n) is 5.31. The number of carbonyl (C=O) groups is 3. The minimum atomic E-state index is -0.513. The first-order chi connectivity index (χ1) is 14.8. The van der Waals surface area contributed by atoms with Crippen molar-refractivity contribution in [2.24, 2.45) is 7.05 Å². The summed E-state index contributed by atoms with van der Waals surface area (Å²) in [5.41, 5.74) is 2.72. The number of pyridine rings is 1. The van der Waals surface area contributed by atoms with Gasteiger partial charge in [0.15, 0.2) is 11.5 Å². The quantitative estimate of drug-likeness (QED) is 0.408. The van der Waals surface area contributed by atoms with Crippen molar-refractivity contribution < 1.29 is 23.5 Å². The summed E-state index contributed by atoms with van der Waals surface area (Å²) in [6.45, 7) is 3.61. The highest BCUT2D eigenvalue weighted by atomic mass is 16.5. The van der Waals surface area contributed by atoms with Gasteiger partial charge in [0.2, 0.25) is 0 Å². The van der Waals surface area contributed by atoms with Gasteiger partial charge in [0, 0.05) is 43.2 Å². The van der Waals surface area contributed by atoms with Crippen LogP contribution in [0.1, 0.15) is 48.4 Å². The Hall–Kier alpha value is -3.68. The molecular formula is C23H25N3O5. The number of hydrogen-bond acceptors (Lipinski definition) is 6. The number of carbonyl (C=O) groups excluding carboxylic acids is 3. The summed E-state index contributed by atoms with van der Waals surface area (Å²) in [5.74, 6) is -0.998. The van der Waals surface area contributed by atoms with E-state index < -0.39 is 5.97 Å². The van der Waals surface area contributed by atoms with Gasteiger partial charge in [-0.25, -0.2) is 4.79 Å². The van der Waals surface area contributed by atoms with Gasteiger partial charge in [0.1, 0.15) is 5.69 Å². The van der Waals surface area contributed by atoms with E-state index in [0.29, 0.717) is 28.9 Å². The van der Waals surface area contributed by atoms with Crippen LogP contribution in [0.25, 0.3) is 0 Å². The number of esters is 1. The van der Waals surface area contributed by atoms with E-state index in [1.54, 1.807) is 43.8 Å². The predicted molar refractivity (Wildman–Crippen MR) is 113 cm³/mol. The third-order valence-corrected chi connectivity index (χ3v) is 5.31.